The van der Waals surface area contributed by atoms with Crippen LogP contribution in [0.3, 0.4) is 0 Å². The molecule has 0 amide bonds. The molecule has 5 N–H and O–H groups in total. The standard InChI is InChI=1S/C26H35FN7O/c1-3-32-13-5-7-20(32)16-34(21-9-11-23-18(14-21)6-4-12-30-23)17-31-25(28)33(26(34)29)19-8-10-22(27)24(15-19)35-2/h4,6,8-12,14-15,20,25-26,31H,3,5,7,13,16-17,28-29H2,1-2H3/q+1. The van der Waals surface area contributed by atoms with Gasteiger partial charge in [0.2, 0.25) is 6.29 Å². The minimum absolute atomic E-state index is 0.162. The Balaban J connectivity index is 1.62. The number of benzene rings is 2. The van der Waals surface area contributed by atoms with Crippen LogP contribution in [-0.2, 0) is 0 Å². The fourth-order valence-corrected chi connectivity index (χ4v) is 5.73. The van der Waals surface area contributed by atoms with E-state index in [2.05, 4.69) is 46.4 Å². The van der Waals surface area contributed by atoms with Crippen LogP contribution in [0.25, 0.3) is 10.9 Å². The highest BCUT2D eigenvalue weighted by Gasteiger charge is 2.49. The van der Waals surface area contributed by atoms with Gasteiger partial charge in [-0.05, 0) is 50.2 Å². The first kappa shape index (κ1) is 23.9. The number of nitrogens with zero attached hydrogens (tertiary/aromatic N) is 4. The molecule has 35 heavy (non-hydrogen) atoms. The third kappa shape index (κ3) is 4.23. The zero-order valence-corrected chi connectivity index (χ0v) is 20.4. The minimum Gasteiger partial charge on any atom is -0.494 e. The van der Waals surface area contributed by atoms with Gasteiger partial charge in [-0.1, -0.05) is 13.0 Å². The van der Waals surface area contributed by atoms with E-state index in [0.29, 0.717) is 22.9 Å². The van der Waals surface area contributed by atoms with Crippen LogP contribution in [0.4, 0.5) is 15.8 Å². The summed E-state index contributed by atoms with van der Waals surface area (Å²) in [6.07, 6.45) is 3.09. The van der Waals surface area contributed by atoms with Crippen molar-refractivity contribution in [1.29, 1.82) is 0 Å². The molecule has 0 spiro atoms. The van der Waals surface area contributed by atoms with Gasteiger partial charge in [-0.3, -0.25) is 26.3 Å². The van der Waals surface area contributed by atoms with Crippen molar-refractivity contribution in [2.75, 3.05) is 38.3 Å². The maximum atomic E-state index is 14.2. The van der Waals surface area contributed by atoms with Crippen molar-refractivity contribution in [2.45, 2.75) is 38.4 Å². The van der Waals surface area contributed by atoms with Crippen molar-refractivity contribution in [1.82, 2.24) is 19.7 Å². The van der Waals surface area contributed by atoms with E-state index in [0.717, 1.165) is 42.6 Å². The second-order valence-electron chi connectivity index (χ2n) is 9.47. The lowest BCUT2D eigenvalue weighted by molar-refractivity contribution is 0.0900. The molecule has 3 heterocycles. The lowest BCUT2D eigenvalue weighted by Crippen LogP contribution is -2.81. The van der Waals surface area contributed by atoms with Crippen molar-refractivity contribution < 1.29 is 9.13 Å². The number of rotatable bonds is 6. The van der Waals surface area contributed by atoms with Gasteiger partial charge in [-0.2, -0.15) is 0 Å². The number of likely N-dealkylation sites (N-methyl/N-ethyl adjacent to an activating group) is 1. The van der Waals surface area contributed by atoms with Crippen LogP contribution in [0, 0.1) is 5.82 Å². The highest BCUT2D eigenvalue weighted by Crippen LogP contribution is 2.36. The minimum atomic E-state index is -0.528. The van der Waals surface area contributed by atoms with Crippen molar-refractivity contribution in [3.63, 3.8) is 0 Å². The first-order valence-corrected chi connectivity index (χ1v) is 12.3. The van der Waals surface area contributed by atoms with Gasteiger partial charge >= 0.3 is 0 Å². The first-order valence-electron chi connectivity index (χ1n) is 12.3. The van der Waals surface area contributed by atoms with Gasteiger partial charge in [0, 0.05) is 35.5 Å². The molecule has 4 atom stereocenters. The monoisotopic (exact) mass is 480 g/mol. The number of aromatic nitrogens is 1. The van der Waals surface area contributed by atoms with Crippen LogP contribution in [0.2, 0.25) is 0 Å². The average Bonchev–Trinajstić information content (AvgIpc) is 3.33. The Labute approximate surface area is 205 Å². The van der Waals surface area contributed by atoms with Crippen LogP contribution < -0.4 is 30.9 Å². The van der Waals surface area contributed by atoms with E-state index in [1.165, 1.54) is 19.6 Å². The highest BCUT2D eigenvalue weighted by atomic mass is 19.1. The maximum absolute atomic E-state index is 14.2. The molecule has 0 saturated carbocycles. The Morgan fingerprint density at radius 1 is 1.20 bits per heavy atom. The molecule has 2 fully saturated rings. The number of anilines is 1. The van der Waals surface area contributed by atoms with Gasteiger partial charge in [0.05, 0.1) is 18.7 Å². The summed E-state index contributed by atoms with van der Waals surface area (Å²) in [5.41, 5.74) is 16.5. The zero-order valence-electron chi connectivity index (χ0n) is 20.4. The Kier molecular flexibility index (Phi) is 6.61. The number of likely N-dealkylation sites (tertiary alicyclic amines) is 1. The SMILES string of the molecule is CCN1CCCC1C[N+]1(c2ccc3ncccc3c2)CNC(N)N(c2ccc(F)c(OC)c2)C1N. The molecule has 5 rings (SSSR count). The number of pyridine rings is 1. The van der Waals surface area contributed by atoms with E-state index < -0.39 is 18.4 Å². The summed E-state index contributed by atoms with van der Waals surface area (Å²) in [7, 11) is 1.46. The van der Waals surface area contributed by atoms with Crippen molar-refractivity contribution in [2.24, 2.45) is 11.5 Å². The lowest BCUT2D eigenvalue weighted by Gasteiger charge is -2.54. The molecule has 1 aromatic heterocycles. The summed E-state index contributed by atoms with van der Waals surface area (Å²) < 4.78 is 19.9. The summed E-state index contributed by atoms with van der Waals surface area (Å²) in [6, 6.07) is 15.6. The van der Waals surface area contributed by atoms with Crippen LogP contribution in [-0.4, -0.2) is 61.9 Å². The molecular formula is C26H35FN7O+. The fraction of sp³-hybridized carbons (Fsp3) is 0.423. The molecule has 2 aliphatic rings. The molecule has 9 heteroatoms. The van der Waals surface area contributed by atoms with E-state index in [1.54, 1.807) is 18.3 Å². The molecule has 186 valence electrons. The van der Waals surface area contributed by atoms with Gasteiger partial charge in [0.15, 0.2) is 11.6 Å². The number of quaternary nitrogens is 1. The number of halogens is 1. The summed E-state index contributed by atoms with van der Waals surface area (Å²) in [5.74, 6) is -0.258. The Morgan fingerprint density at radius 2 is 2.06 bits per heavy atom. The molecule has 2 aliphatic heterocycles. The van der Waals surface area contributed by atoms with Crippen LogP contribution in [0.1, 0.15) is 19.8 Å². The zero-order chi connectivity index (χ0) is 24.6. The second-order valence-corrected chi connectivity index (χ2v) is 9.47. The number of ether oxygens (including phenoxy) is 1. The highest BCUT2D eigenvalue weighted by molar-refractivity contribution is 5.82. The van der Waals surface area contributed by atoms with Crippen LogP contribution in [0.15, 0.2) is 54.7 Å². The van der Waals surface area contributed by atoms with E-state index >= 15 is 0 Å². The van der Waals surface area contributed by atoms with E-state index in [4.69, 9.17) is 16.2 Å². The molecule has 0 aliphatic carbocycles. The smallest absolute Gasteiger partial charge is 0.228 e. The number of methoxy groups -OCH3 is 1. The Morgan fingerprint density at radius 3 is 2.86 bits per heavy atom. The van der Waals surface area contributed by atoms with Gasteiger partial charge in [0.25, 0.3) is 0 Å². The average molecular weight is 481 g/mol. The van der Waals surface area contributed by atoms with Gasteiger partial charge in [-0.15, -0.1) is 0 Å². The number of hydrogen-bond donors (Lipinski definition) is 3. The molecule has 2 saturated heterocycles. The predicted molar refractivity (Wildman–Crippen MR) is 138 cm³/mol. The van der Waals surface area contributed by atoms with Crippen molar-refractivity contribution >= 4 is 22.3 Å². The Hall–Kier alpha value is -2.82. The number of hydrogen-bond acceptors (Lipinski definition) is 7. The van der Waals surface area contributed by atoms with Gasteiger partial charge < -0.3 is 4.74 Å². The van der Waals surface area contributed by atoms with Gasteiger partial charge in [0.1, 0.15) is 25.2 Å². The third-order valence-corrected chi connectivity index (χ3v) is 7.65. The van der Waals surface area contributed by atoms with Crippen molar-refractivity contribution in [3.8, 4) is 5.75 Å². The molecule has 4 unspecified atom stereocenters. The fourth-order valence-electron chi connectivity index (χ4n) is 5.73. The van der Waals surface area contributed by atoms with E-state index in [1.807, 2.05) is 11.0 Å². The van der Waals surface area contributed by atoms with Gasteiger partial charge in [-0.25, -0.2) is 14.2 Å². The molecule has 3 aromatic rings. The quantitative estimate of drug-likeness (QED) is 0.467. The summed E-state index contributed by atoms with van der Waals surface area (Å²) in [6.45, 7) is 5.73. The third-order valence-electron chi connectivity index (χ3n) is 7.65. The molecule has 0 radical (unpaired) electrons. The summed E-state index contributed by atoms with van der Waals surface area (Å²) >= 11 is 0. The molecule has 0 bridgehead atoms. The lowest BCUT2D eigenvalue weighted by atomic mass is 10.1. The number of fused-ring (bicyclic) bond motifs is 1. The summed E-state index contributed by atoms with van der Waals surface area (Å²) in [4.78, 5) is 8.97. The molecular weight excluding hydrogens is 445 g/mol. The number of nitrogens with two attached hydrogens (primary N) is 2. The van der Waals surface area contributed by atoms with Crippen LogP contribution >= 0.6 is 0 Å². The number of nitrogens with one attached hydrogen (secondary N) is 1. The van der Waals surface area contributed by atoms with E-state index in [-0.39, 0.29) is 5.75 Å². The normalized spacial score (nSPS) is 27.5. The second kappa shape index (κ2) is 9.67. The maximum Gasteiger partial charge on any atom is 0.228 e. The molecule has 2 aromatic carbocycles. The summed E-state index contributed by atoms with van der Waals surface area (Å²) in [5, 5.41) is 4.55. The predicted octanol–water partition coefficient (Wildman–Crippen LogP) is 2.73. The topological polar surface area (TPSA) is 92.7 Å². The largest absolute Gasteiger partial charge is 0.494 e. The van der Waals surface area contributed by atoms with Crippen molar-refractivity contribution in [3.05, 3.63) is 60.5 Å². The first-order chi connectivity index (χ1) is 17.0. The van der Waals surface area contributed by atoms with Crippen LogP contribution in [0.5, 0.6) is 5.75 Å². The Bertz CT molecular complexity index is 1190. The van der Waals surface area contributed by atoms with E-state index in [9.17, 15) is 4.39 Å². The molecule has 8 nitrogen and oxygen atoms in total.